The van der Waals surface area contributed by atoms with Crippen molar-refractivity contribution < 1.29 is 18.8 Å². The van der Waals surface area contributed by atoms with Gasteiger partial charge >= 0.3 is 0 Å². The fraction of sp³-hybridized carbons (Fsp3) is 0.429. The Bertz CT molecular complexity index is 921. The van der Waals surface area contributed by atoms with Gasteiger partial charge in [0.1, 0.15) is 10.7 Å². The minimum absolute atomic E-state index is 0.0214. The van der Waals surface area contributed by atoms with Crippen LogP contribution in [0.15, 0.2) is 24.3 Å². The van der Waals surface area contributed by atoms with E-state index in [-0.39, 0.29) is 36.5 Å². The van der Waals surface area contributed by atoms with E-state index >= 15 is 0 Å². The molecule has 1 aromatic heterocycles. The van der Waals surface area contributed by atoms with Crippen molar-refractivity contribution >= 4 is 29.1 Å². The average molecular weight is 433 g/mol. The van der Waals surface area contributed by atoms with E-state index in [9.17, 15) is 18.8 Å². The summed E-state index contributed by atoms with van der Waals surface area (Å²) in [4.78, 5) is 44.6. The zero-order chi connectivity index (χ0) is 21.7. The molecule has 0 aliphatic carbocycles. The van der Waals surface area contributed by atoms with Crippen molar-refractivity contribution in [1.29, 1.82) is 0 Å². The van der Waals surface area contributed by atoms with E-state index in [4.69, 9.17) is 0 Å². The molecule has 3 amide bonds. The topological polar surface area (TPSA) is 82.6 Å². The Balaban J connectivity index is 1.47. The molecule has 1 fully saturated rings. The second kappa shape index (κ2) is 9.80. The molecule has 0 atom stereocenters. The number of piperazine rings is 1. The van der Waals surface area contributed by atoms with Crippen LogP contribution in [0.3, 0.4) is 0 Å². The van der Waals surface area contributed by atoms with Gasteiger partial charge in [-0.3, -0.25) is 14.4 Å². The number of hydrogen-bond donors (Lipinski definition) is 1. The lowest BCUT2D eigenvalue weighted by molar-refractivity contribution is -0.138. The highest BCUT2D eigenvalue weighted by atomic mass is 32.1. The summed E-state index contributed by atoms with van der Waals surface area (Å²) in [6, 6.07) is 6.21. The van der Waals surface area contributed by atoms with Gasteiger partial charge in [-0.15, -0.1) is 11.3 Å². The molecule has 0 bridgehead atoms. The fourth-order valence-electron chi connectivity index (χ4n) is 3.31. The van der Waals surface area contributed by atoms with Crippen molar-refractivity contribution in [3.63, 3.8) is 0 Å². The summed E-state index contributed by atoms with van der Waals surface area (Å²) in [6.45, 7) is 5.68. The van der Waals surface area contributed by atoms with E-state index in [0.29, 0.717) is 43.2 Å². The maximum atomic E-state index is 13.0. The Labute approximate surface area is 178 Å². The highest BCUT2D eigenvalue weighted by molar-refractivity contribution is 7.13. The normalized spacial score (nSPS) is 14.0. The first-order valence-electron chi connectivity index (χ1n) is 9.85. The molecule has 1 N–H and O–H groups in total. The summed E-state index contributed by atoms with van der Waals surface area (Å²) in [5.41, 5.74) is 1.56. The van der Waals surface area contributed by atoms with Gasteiger partial charge in [0.25, 0.3) is 5.91 Å². The average Bonchev–Trinajstić information content (AvgIpc) is 3.09. The monoisotopic (exact) mass is 432 g/mol. The van der Waals surface area contributed by atoms with Crippen LogP contribution < -0.4 is 5.32 Å². The van der Waals surface area contributed by atoms with Crippen LogP contribution in [0.2, 0.25) is 0 Å². The van der Waals surface area contributed by atoms with E-state index in [1.165, 1.54) is 30.4 Å². The molecule has 3 rings (SSSR count). The first-order valence-corrected chi connectivity index (χ1v) is 10.7. The van der Waals surface area contributed by atoms with Gasteiger partial charge in [0.05, 0.1) is 10.7 Å². The highest BCUT2D eigenvalue weighted by Crippen LogP contribution is 2.21. The highest BCUT2D eigenvalue weighted by Gasteiger charge is 2.22. The molecule has 0 radical (unpaired) electrons. The lowest BCUT2D eigenvalue weighted by Crippen LogP contribution is -2.50. The molecule has 2 heterocycles. The van der Waals surface area contributed by atoms with Crippen LogP contribution in [0.5, 0.6) is 0 Å². The molecule has 9 heteroatoms. The number of nitrogens with one attached hydrogen (secondary N) is 1. The molecule has 1 aliphatic heterocycles. The summed E-state index contributed by atoms with van der Waals surface area (Å²) in [5.74, 6) is -0.543. The molecule has 7 nitrogen and oxygen atoms in total. The molecule has 0 spiro atoms. The SMILES string of the molecule is CC(=O)N1CCN(C(=O)CCNC(=O)c2sc(Cc3ccc(F)cc3)nc2C)CC1. The van der Waals surface area contributed by atoms with Crippen molar-refractivity contribution in [2.75, 3.05) is 32.7 Å². The standard InChI is InChI=1S/C21H25FN4O3S/c1-14-20(30-18(24-14)13-16-3-5-17(22)6-4-16)21(29)23-8-7-19(28)26-11-9-25(10-12-26)15(2)27/h3-6H,7-13H2,1-2H3,(H,23,29). The van der Waals surface area contributed by atoms with Crippen molar-refractivity contribution in [2.45, 2.75) is 26.7 Å². The van der Waals surface area contributed by atoms with Gasteiger partial charge in [-0.05, 0) is 24.6 Å². The fourth-order valence-corrected chi connectivity index (χ4v) is 4.32. The summed E-state index contributed by atoms with van der Waals surface area (Å²) < 4.78 is 13.0. The Kier molecular flexibility index (Phi) is 7.15. The number of aryl methyl sites for hydroxylation is 1. The number of nitrogens with zero attached hydrogens (tertiary/aromatic N) is 3. The molecule has 1 saturated heterocycles. The van der Waals surface area contributed by atoms with Crippen LogP contribution in [0.25, 0.3) is 0 Å². The lowest BCUT2D eigenvalue weighted by atomic mass is 10.1. The second-order valence-corrected chi connectivity index (χ2v) is 8.30. The summed E-state index contributed by atoms with van der Waals surface area (Å²) in [6.07, 6.45) is 0.746. The molecule has 0 saturated carbocycles. The van der Waals surface area contributed by atoms with Crippen LogP contribution >= 0.6 is 11.3 Å². The summed E-state index contributed by atoms with van der Waals surface area (Å²) in [7, 11) is 0. The minimum atomic E-state index is -0.288. The number of thiazole rings is 1. The number of halogens is 1. The number of carbonyl (C=O) groups is 3. The maximum absolute atomic E-state index is 13.0. The van der Waals surface area contributed by atoms with Gasteiger partial charge < -0.3 is 15.1 Å². The Morgan fingerprint density at radius 2 is 1.73 bits per heavy atom. The van der Waals surface area contributed by atoms with Gasteiger partial charge in [-0.1, -0.05) is 12.1 Å². The molecule has 1 aromatic carbocycles. The van der Waals surface area contributed by atoms with E-state index in [1.54, 1.807) is 28.9 Å². The van der Waals surface area contributed by atoms with Gasteiger partial charge in [0, 0.05) is 52.5 Å². The molecular formula is C21H25FN4O3S. The minimum Gasteiger partial charge on any atom is -0.351 e. The van der Waals surface area contributed by atoms with Crippen LogP contribution in [0.4, 0.5) is 4.39 Å². The third-order valence-electron chi connectivity index (χ3n) is 5.02. The third kappa shape index (κ3) is 5.63. The quantitative estimate of drug-likeness (QED) is 0.757. The van der Waals surface area contributed by atoms with E-state index < -0.39 is 0 Å². The Morgan fingerprint density at radius 3 is 2.37 bits per heavy atom. The molecular weight excluding hydrogens is 407 g/mol. The molecule has 1 aliphatic rings. The van der Waals surface area contributed by atoms with Crippen molar-refractivity contribution in [2.24, 2.45) is 0 Å². The van der Waals surface area contributed by atoms with Crippen molar-refractivity contribution in [3.8, 4) is 0 Å². The summed E-state index contributed by atoms with van der Waals surface area (Å²) >= 11 is 1.31. The Morgan fingerprint density at radius 1 is 1.10 bits per heavy atom. The van der Waals surface area contributed by atoms with E-state index in [1.807, 2.05) is 0 Å². The molecule has 2 aromatic rings. The number of carbonyl (C=O) groups excluding carboxylic acids is 3. The number of benzene rings is 1. The smallest absolute Gasteiger partial charge is 0.263 e. The predicted octanol–water partition coefficient (Wildman–Crippen LogP) is 1.99. The number of aromatic nitrogens is 1. The van der Waals surface area contributed by atoms with Crippen molar-refractivity contribution in [3.05, 3.63) is 51.2 Å². The largest absolute Gasteiger partial charge is 0.351 e. The molecule has 30 heavy (non-hydrogen) atoms. The van der Waals surface area contributed by atoms with Gasteiger partial charge in [0.2, 0.25) is 11.8 Å². The number of rotatable bonds is 6. The lowest BCUT2D eigenvalue weighted by Gasteiger charge is -2.34. The zero-order valence-corrected chi connectivity index (χ0v) is 17.9. The van der Waals surface area contributed by atoms with E-state index in [0.717, 1.165) is 10.6 Å². The Hall–Kier alpha value is -2.81. The number of hydrogen-bond acceptors (Lipinski definition) is 5. The molecule has 160 valence electrons. The van der Waals surface area contributed by atoms with Gasteiger partial charge in [-0.25, -0.2) is 9.37 Å². The predicted molar refractivity (Wildman–Crippen MR) is 112 cm³/mol. The van der Waals surface area contributed by atoms with E-state index in [2.05, 4.69) is 10.3 Å². The van der Waals surface area contributed by atoms with Gasteiger partial charge in [0.15, 0.2) is 0 Å². The molecule has 0 unspecified atom stereocenters. The zero-order valence-electron chi connectivity index (χ0n) is 17.1. The number of amides is 3. The van der Waals surface area contributed by atoms with Crippen molar-refractivity contribution in [1.82, 2.24) is 20.1 Å². The summed E-state index contributed by atoms with van der Waals surface area (Å²) in [5, 5.41) is 3.57. The van der Waals surface area contributed by atoms with Crippen LogP contribution in [0, 0.1) is 12.7 Å². The van der Waals surface area contributed by atoms with Gasteiger partial charge in [-0.2, -0.15) is 0 Å². The second-order valence-electron chi connectivity index (χ2n) is 7.22. The van der Waals surface area contributed by atoms with Crippen LogP contribution in [-0.2, 0) is 16.0 Å². The van der Waals surface area contributed by atoms with Crippen LogP contribution in [0.1, 0.15) is 39.3 Å². The first-order chi connectivity index (χ1) is 14.3. The first kappa shape index (κ1) is 21.9. The maximum Gasteiger partial charge on any atom is 0.263 e. The third-order valence-corrected chi connectivity index (χ3v) is 6.17. The van der Waals surface area contributed by atoms with Crippen LogP contribution in [-0.4, -0.2) is 65.2 Å².